The first kappa shape index (κ1) is 11.9. The van der Waals surface area contributed by atoms with Gasteiger partial charge in [0.15, 0.2) is 6.10 Å². The highest BCUT2D eigenvalue weighted by Gasteiger charge is 2.15. The average Bonchev–Trinajstić information content (AvgIpc) is 2.24. The van der Waals surface area contributed by atoms with Crippen molar-refractivity contribution in [1.29, 1.82) is 5.26 Å². The summed E-state index contributed by atoms with van der Waals surface area (Å²) in [6.45, 7) is -0.245. The molecule has 0 amide bonds. The van der Waals surface area contributed by atoms with Gasteiger partial charge >= 0.3 is 0 Å². The number of aliphatic hydroxyl groups excluding tert-OH is 1. The van der Waals surface area contributed by atoms with Crippen molar-refractivity contribution in [3.63, 3.8) is 0 Å². The Morgan fingerprint density at radius 3 is 2.93 bits per heavy atom. The van der Waals surface area contributed by atoms with Crippen LogP contribution < -0.4 is 0 Å². The van der Waals surface area contributed by atoms with E-state index in [9.17, 15) is 4.39 Å². The standard InChI is InChI=1S/C10H9ClFNO2/c11-7-1-2-9(12)8(5-7)10(6-13)15-4-3-14/h1-2,5,10,14H,3-4H2. The number of aliphatic hydroxyl groups is 1. The minimum atomic E-state index is -1.05. The zero-order valence-electron chi connectivity index (χ0n) is 7.78. The van der Waals surface area contributed by atoms with Crippen LogP contribution in [0.2, 0.25) is 5.02 Å². The Balaban J connectivity index is 2.91. The van der Waals surface area contributed by atoms with Gasteiger partial charge in [0, 0.05) is 10.6 Å². The minimum absolute atomic E-state index is 0.0236. The van der Waals surface area contributed by atoms with Crippen molar-refractivity contribution in [2.75, 3.05) is 13.2 Å². The van der Waals surface area contributed by atoms with Gasteiger partial charge in [0.2, 0.25) is 0 Å². The van der Waals surface area contributed by atoms with E-state index in [-0.39, 0.29) is 18.8 Å². The van der Waals surface area contributed by atoms with Crippen LogP contribution in [0.25, 0.3) is 0 Å². The Morgan fingerprint density at radius 1 is 1.60 bits per heavy atom. The Kier molecular flexibility index (Phi) is 4.50. The number of hydrogen-bond donors (Lipinski definition) is 1. The summed E-state index contributed by atoms with van der Waals surface area (Å²) in [7, 11) is 0. The maximum Gasteiger partial charge on any atom is 0.172 e. The van der Waals surface area contributed by atoms with Crippen LogP contribution in [-0.4, -0.2) is 18.3 Å². The zero-order valence-corrected chi connectivity index (χ0v) is 8.54. The summed E-state index contributed by atoms with van der Waals surface area (Å²) < 4.78 is 18.2. The van der Waals surface area contributed by atoms with E-state index in [0.717, 1.165) is 0 Å². The fourth-order valence-corrected chi connectivity index (χ4v) is 1.26. The van der Waals surface area contributed by atoms with Gasteiger partial charge < -0.3 is 9.84 Å². The van der Waals surface area contributed by atoms with Gasteiger partial charge in [-0.3, -0.25) is 0 Å². The highest BCUT2D eigenvalue weighted by molar-refractivity contribution is 6.30. The number of nitrogens with zero attached hydrogens (tertiary/aromatic N) is 1. The lowest BCUT2D eigenvalue weighted by Gasteiger charge is -2.11. The molecule has 0 bridgehead atoms. The molecule has 0 heterocycles. The van der Waals surface area contributed by atoms with Crippen LogP contribution in [0.4, 0.5) is 4.39 Å². The maximum absolute atomic E-state index is 13.3. The molecule has 0 aliphatic heterocycles. The Hall–Kier alpha value is -1.15. The maximum atomic E-state index is 13.3. The van der Waals surface area contributed by atoms with Gasteiger partial charge in [-0.25, -0.2) is 4.39 Å². The van der Waals surface area contributed by atoms with Crippen molar-refractivity contribution in [1.82, 2.24) is 0 Å². The third kappa shape index (κ3) is 3.17. The van der Waals surface area contributed by atoms with E-state index < -0.39 is 11.9 Å². The summed E-state index contributed by atoms with van der Waals surface area (Å²) in [6, 6.07) is 5.69. The van der Waals surface area contributed by atoms with Crippen LogP contribution in [0.3, 0.4) is 0 Å². The summed E-state index contributed by atoms with van der Waals surface area (Å²) in [6.07, 6.45) is -1.05. The van der Waals surface area contributed by atoms with Crippen LogP contribution >= 0.6 is 11.6 Å². The van der Waals surface area contributed by atoms with Gasteiger partial charge in [-0.15, -0.1) is 0 Å². The fourth-order valence-electron chi connectivity index (χ4n) is 1.08. The van der Waals surface area contributed by atoms with E-state index >= 15 is 0 Å². The molecule has 1 atom stereocenters. The molecule has 0 saturated carbocycles. The number of halogens is 2. The smallest absolute Gasteiger partial charge is 0.172 e. The van der Waals surface area contributed by atoms with Crippen molar-refractivity contribution in [2.45, 2.75) is 6.10 Å². The summed E-state index contributed by atoms with van der Waals surface area (Å²) in [4.78, 5) is 0. The highest BCUT2D eigenvalue weighted by atomic mass is 35.5. The van der Waals surface area contributed by atoms with Crippen molar-refractivity contribution in [2.24, 2.45) is 0 Å². The van der Waals surface area contributed by atoms with Crippen LogP contribution in [0.1, 0.15) is 11.7 Å². The van der Waals surface area contributed by atoms with E-state index in [1.54, 1.807) is 6.07 Å². The summed E-state index contributed by atoms with van der Waals surface area (Å²) in [5.41, 5.74) is 0.0819. The molecule has 1 rings (SSSR count). The van der Waals surface area contributed by atoms with Crippen LogP contribution in [0.5, 0.6) is 0 Å². The molecular formula is C10H9ClFNO2. The molecule has 0 aliphatic carbocycles. The highest BCUT2D eigenvalue weighted by Crippen LogP contribution is 2.23. The minimum Gasteiger partial charge on any atom is -0.394 e. The largest absolute Gasteiger partial charge is 0.394 e. The molecule has 0 spiro atoms. The monoisotopic (exact) mass is 229 g/mol. The molecule has 80 valence electrons. The number of rotatable bonds is 4. The van der Waals surface area contributed by atoms with Gasteiger partial charge in [0.25, 0.3) is 0 Å². The first-order chi connectivity index (χ1) is 7.19. The molecule has 0 saturated heterocycles. The van der Waals surface area contributed by atoms with Gasteiger partial charge in [0.05, 0.1) is 19.3 Å². The normalized spacial score (nSPS) is 12.1. The number of benzene rings is 1. The summed E-state index contributed by atoms with van der Waals surface area (Å²) >= 11 is 5.67. The van der Waals surface area contributed by atoms with Crippen molar-refractivity contribution in [3.8, 4) is 6.07 Å². The molecule has 3 nitrogen and oxygen atoms in total. The quantitative estimate of drug-likeness (QED) is 0.860. The lowest BCUT2D eigenvalue weighted by atomic mass is 10.1. The Bertz CT molecular complexity index is 378. The lowest BCUT2D eigenvalue weighted by molar-refractivity contribution is 0.0563. The Morgan fingerprint density at radius 2 is 2.33 bits per heavy atom. The summed E-state index contributed by atoms with van der Waals surface area (Å²) in [5.74, 6) is -0.552. The zero-order chi connectivity index (χ0) is 11.3. The van der Waals surface area contributed by atoms with Crippen molar-refractivity contribution in [3.05, 3.63) is 34.6 Å². The molecule has 0 aromatic heterocycles. The van der Waals surface area contributed by atoms with Crippen LogP contribution in [0, 0.1) is 17.1 Å². The topological polar surface area (TPSA) is 53.2 Å². The number of ether oxygens (including phenoxy) is 1. The molecule has 1 unspecified atom stereocenters. The number of hydrogen-bond acceptors (Lipinski definition) is 3. The van der Waals surface area contributed by atoms with E-state index in [1.165, 1.54) is 18.2 Å². The third-order valence-electron chi connectivity index (χ3n) is 1.73. The van der Waals surface area contributed by atoms with Gasteiger partial charge in [-0.2, -0.15) is 5.26 Å². The first-order valence-electron chi connectivity index (χ1n) is 4.26. The molecule has 0 fully saturated rings. The van der Waals surface area contributed by atoms with E-state index in [4.69, 9.17) is 26.7 Å². The Labute approximate surface area is 91.7 Å². The third-order valence-corrected chi connectivity index (χ3v) is 1.97. The van der Waals surface area contributed by atoms with Crippen molar-refractivity contribution < 1.29 is 14.2 Å². The molecular weight excluding hydrogens is 221 g/mol. The molecule has 0 radical (unpaired) electrons. The average molecular weight is 230 g/mol. The predicted octanol–water partition coefficient (Wildman–Crippen LogP) is 2.05. The fraction of sp³-hybridized carbons (Fsp3) is 0.300. The molecule has 5 heteroatoms. The molecule has 1 N–H and O–H groups in total. The SMILES string of the molecule is N#CC(OCCO)c1cc(Cl)ccc1F. The molecule has 1 aromatic carbocycles. The van der Waals surface area contributed by atoms with Crippen LogP contribution in [-0.2, 0) is 4.74 Å². The molecule has 1 aromatic rings. The van der Waals surface area contributed by atoms with Gasteiger partial charge in [0.1, 0.15) is 5.82 Å². The number of nitriles is 1. The molecule has 15 heavy (non-hydrogen) atoms. The molecule has 0 aliphatic rings. The van der Waals surface area contributed by atoms with Gasteiger partial charge in [-0.05, 0) is 18.2 Å². The van der Waals surface area contributed by atoms with Gasteiger partial charge in [-0.1, -0.05) is 11.6 Å². The first-order valence-corrected chi connectivity index (χ1v) is 4.64. The predicted molar refractivity (Wildman–Crippen MR) is 52.8 cm³/mol. The van der Waals surface area contributed by atoms with E-state index in [0.29, 0.717) is 5.02 Å². The second kappa shape index (κ2) is 5.66. The van der Waals surface area contributed by atoms with Crippen LogP contribution in [0.15, 0.2) is 18.2 Å². The van der Waals surface area contributed by atoms with E-state index in [2.05, 4.69) is 0 Å². The summed E-state index contributed by atoms with van der Waals surface area (Å²) in [5, 5.41) is 17.6. The second-order valence-electron chi connectivity index (χ2n) is 2.77. The van der Waals surface area contributed by atoms with E-state index in [1.807, 2.05) is 0 Å². The lowest BCUT2D eigenvalue weighted by Crippen LogP contribution is -2.07. The van der Waals surface area contributed by atoms with Crippen molar-refractivity contribution >= 4 is 11.6 Å². The second-order valence-corrected chi connectivity index (χ2v) is 3.21.